The highest BCUT2D eigenvalue weighted by Gasteiger charge is 2.14. The monoisotopic (exact) mass is 348 g/mol. The number of benzene rings is 1. The van der Waals surface area contributed by atoms with Crippen molar-refractivity contribution in [2.45, 2.75) is 0 Å². The number of hydrogen-bond donors (Lipinski definition) is 1. The molecule has 3 aromatic heterocycles. The molecule has 6 nitrogen and oxygen atoms in total. The minimum Gasteiger partial charge on any atom is -0.462 e. The summed E-state index contributed by atoms with van der Waals surface area (Å²) in [7, 11) is 0. The molecule has 7 heteroatoms. The van der Waals surface area contributed by atoms with Crippen LogP contribution in [0.5, 0.6) is 0 Å². The third-order valence-corrected chi connectivity index (χ3v) is 4.27. The van der Waals surface area contributed by atoms with E-state index in [4.69, 9.17) is 4.42 Å². The van der Waals surface area contributed by atoms with Gasteiger partial charge in [0.25, 0.3) is 5.91 Å². The lowest BCUT2D eigenvalue weighted by atomic mass is 10.2. The first-order valence-corrected chi connectivity index (χ1v) is 8.36. The molecule has 4 rings (SSSR count). The molecule has 0 spiro atoms. The number of aromatic nitrogens is 3. The molecule has 122 valence electrons. The number of carbonyl (C=O) groups excluding carboxylic acids is 1. The van der Waals surface area contributed by atoms with Crippen LogP contribution in [0.4, 0.5) is 5.69 Å². The van der Waals surface area contributed by atoms with Crippen molar-refractivity contribution in [3.05, 3.63) is 72.2 Å². The van der Waals surface area contributed by atoms with Gasteiger partial charge in [0.05, 0.1) is 24.3 Å². The molecule has 0 aliphatic heterocycles. The summed E-state index contributed by atoms with van der Waals surface area (Å²) in [6, 6.07) is 13.2. The molecule has 1 N–H and O–H groups in total. The number of hydrogen-bond acceptors (Lipinski definition) is 6. The molecule has 0 aliphatic carbocycles. The van der Waals surface area contributed by atoms with Crippen molar-refractivity contribution in [1.82, 2.24) is 15.0 Å². The van der Waals surface area contributed by atoms with Crippen LogP contribution in [0.1, 0.15) is 10.5 Å². The maximum Gasteiger partial charge on any atom is 0.275 e. The summed E-state index contributed by atoms with van der Waals surface area (Å²) in [6.45, 7) is 0. The number of furan rings is 1. The number of rotatable bonds is 4. The summed E-state index contributed by atoms with van der Waals surface area (Å²) >= 11 is 1.35. The van der Waals surface area contributed by atoms with Crippen LogP contribution < -0.4 is 5.32 Å². The van der Waals surface area contributed by atoms with Crippen molar-refractivity contribution in [3.63, 3.8) is 0 Å². The first kappa shape index (κ1) is 15.2. The molecular formula is C18H12N4O2S. The van der Waals surface area contributed by atoms with Crippen LogP contribution in [0.3, 0.4) is 0 Å². The third-order valence-electron chi connectivity index (χ3n) is 3.41. The van der Waals surface area contributed by atoms with E-state index in [0.717, 1.165) is 5.56 Å². The molecule has 4 aromatic rings. The number of anilines is 1. The van der Waals surface area contributed by atoms with Gasteiger partial charge in [-0.05, 0) is 12.1 Å². The SMILES string of the molecule is O=C(Nc1cnc(-c2ccccc2)nc1)c1csc(-c2ccco2)n1. The van der Waals surface area contributed by atoms with E-state index in [0.29, 0.717) is 28.0 Å². The van der Waals surface area contributed by atoms with Crippen LogP contribution in [-0.2, 0) is 0 Å². The Balaban J connectivity index is 1.48. The lowest BCUT2D eigenvalue weighted by Crippen LogP contribution is -2.12. The molecule has 1 aromatic carbocycles. The summed E-state index contributed by atoms with van der Waals surface area (Å²) < 4.78 is 5.28. The zero-order valence-electron chi connectivity index (χ0n) is 12.9. The fourth-order valence-electron chi connectivity index (χ4n) is 2.22. The van der Waals surface area contributed by atoms with Gasteiger partial charge >= 0.3 is 0 Å². The van der Waals surface area contributed by atoms with Crippen molar-refractivity contribution in [1.29, 1.82) is 0 Å². The number of thiazole rings is 1. The van der Waals surface area contributed by atoms with Crippen LogP contribution in [0.15, 0.2) is 70.9 Å². The van der Waals surface area contributed by atoms with E-state index in [-0.39, 0.29) is 5.91 Å². The minimum atomic E-state index is -0.315. The molecule has 0 unspecified atom stereocenters. The van der Waals surface area contributed by atoms with E-state index in [1.54, 1.807) is 36.2 Å². The zero-order chi connectivity index (χ0) is 17.1. The largest absolute Gasteiger partial charge is 0.462 e. The molecule has 0 atom stereocenters. The van der Waals surface area contributed by atoms with Gasteiger partial charge in [0.1, 0.15) is 5.69 Å². The molecule has 1 amide bonds. The maximum absolute atomic E-state index is 12.3. The standard InChI is InChI=1S/C18H12N4O2S/c23-17(14-11-25-18(22-14)15-7-4-8-24-15)21-13-9-19-16(20-10-13)12-5-2-1-3-6-12/h1-11H,(H,21,23). The quantitative estimate of drug-likeness (QED) is 0.600. The predicted molar refractivity (Wildman–Crippen MR) is 95.2 cm³/mol. The van der Waals surface area contributed by atoms with E-state index >= 15 is 0 Å². The molecule has 0 saturated carbocycles. The van der Waals surface area contributed by atoms with Crippen LogP contribution in [0.2, 0.25) is 0 Å². The van der Waals surface area contributed by atoms with E-state index < -0.39 is 0 Å². The highest BCUT2D eigenvalue weighted by Crippen LogP contribution is 2.24. The topological polar surface area (TPSA) is 80.9 Å². The van der Waals surface area contributed by atoms with Crippen molar-refractivity contribution >= 4 is 22.9 Å². The molecule has 0 saturated heterocycles. The summed E-state index contributed by atoms with van der Waals surface area (Å²) in [4.78, 5) is 25.2. The fourth-order valence-corrected chi connectivity index (χ4v) is 2.98. The molecule has 0 bridgehead atoms. The Bertz CT molecular complexity index is 980. The van der Waals surface area contributed by atoms with E-state index in [2.05, 4.69) is 20.3 Å². The van der Waals surface area contributed by atoms with Crippen molar-refractivity contribution in [2.75, 3.05) is 5.32 Å². The second-order valence-electron chi connectivity index (χ2n) is 5.13. The van der Waals surface area contributed by atoms with E-state index in [1.165, 1.54) is 11.3 Å². The van der Waals surface area contributed by atoms with Gasteiger partial charge in [-0.2, -0.15) is 0 Å². The second-order valence-corrected chi connectivity index (χ2v) is 5.99. The summed E-state index contributed by atoms with van der Waals surface area (Å²) in [5, 5.41) is 5.09. The van der Waals surface area contributed by atoms with Crippen LogP contribution in [-0.4, -0.2) is 20.9 Å². The van der Waals surface area contributed by atoms with Crippen molar-refractivity contribution in [3.8, 4) is 22.2 Å². The third kappa shape index (κ3) is 3.31. The smallest absolute Gasteiger partial charge is 0.275 e. The fraction of sp³-hybridized carbons (Fsp3) is 0. The average Bonchev–Trinajstić information content (AvgIpc) is 3.35. The van der Waals surface area contributed by atoms with Gasteiger partial charge in [-0.15, -0.1) is 11.3 Å². The van der Waals surface area contributed by atoms with Gasteiger partial charge in [0.2, 0.25) is 0 Å². The summed E-state index contributed by atoms with van der Waals surface area (Å²) in [5.74, 6) is 0.928. The van der Waals surface area contributed by atoms with Gasteiger partial charge in [-0.1, -0.05) is 30.3 Å². The average molecular weight is 348 g/mol. The zero-order valence-corrected chi connectivity index (χ0v) is 13.7. The van der Waals surface area contributed by atoms with Crippen LogP contribution >= 0.6 is 11.3 Å². The van der Waals surface area contributed by atoms with Crippen molar-refractivity contribution < 1.29 is 9.21 Å². The molecule has 0 fully saturated rings. The van der Waals surface area contributed by atoms with Gasteiger partial charge in [0.15, 0.2) is 16.6 Å². The lowest BCUT2D eigenvalue weighted by Gasteiger charge is -2.04. The first-order valence-electron chi connectivity index (χ1n) is 7.48. The Morgan fingerprint density at radius 2 is 1.84 bits per heavy atom. The minimum absolute atomic E-state index is 0.315. The van der Waals surface area contributed by atoms with E-state index in [9.17, 15) is 4.79 Å². The second kappa shape index (κ2) is 6.66. The Morgan fingerprint density at radius 1 is 1.04 bits per heavy atom. The van der Waals surface area contributed by atoms with Gasteiger partial charge < -0.3 is 9.73 Å². The Kier molecular flexibility index (Phi) is 4.05. The molecular weight excluding hydrogens is 336 g/mol. The Hall–Kier alpha value is -3.32. The molecule has 25 heavy (non-hydrogen) atoms. The summed E-state index contributed by atoms with van der Waals surface area (Å²) in [5.41, 5.74) is 1.75. The van der Waals surface area contributed by atoms with Gasteiger partial charge in [0, 0.05) is 10.9 Å². The normalized spacial score (nSPS) is 10.6. The first-order chi connectivity index (χ1) is 12.3. The summed E-state index contributed by atoms with van der Waals surface area (Å²) in [6.07, 6.45) is 4.72. The lowest BCUT2D eigenvalue weighted by molar-refractivity contribution is 0.102. The van der Waals surface area contributed by atoms with Gasteiger partial charge in [-0.25, -0.2) is 15.0 Å². The number of nitrogens with one attached hydrogen (secondary N) is 1. The molecule has 3 heterocycles. The number of nitrogens with zero attached hydrogens (tertiary/aromatic N) is 3. The highest BCUT2D eigenvalue weighted by atomic mass is 32.1. The van der Waals surface area contributed by atoms with Crippen LogP contribution in [0.25, 0.3) is 22.2 Å². The Labute approximate surface area is 147 Å². The predicted octanol–water partition coefficient (Wildman–Crippen LogP) is 4.11. The molecule has 0 radical (unpaired) electrons. The Morgan fingerprint density at radius 3 is 2.56 bits per heavy atom. The van der Waals surface area contributed by atoms with Gasteiger partial charge in [-0.3, -0.25) is 4.79 Å². The van der Waals surface area contributed by atoms with Crippen LogP contribution in [0, 0.1) is 0 Å². The number of amides is 1. The van der Waals surface area contributed by atoms with E-state index in [1.807, 2.05) is 30.3 Å². The number of carbonyl (C=O) groups is 1. The van der Waals surface area contributed by atoms with Crippen molar-refractivity contribution in [2.24, 2.45) is 0 Å². The maximum atomic E-state index is 12.3. The highest BCUT2D eigenvalue weighted by molar-refractivity contribution is 7.13. The molecule has 0 aliphatic rings.